The van der Waals surface area contributed by atoms with Crippen LogP contribution in [0.2, 0.25) is 5.02 Å². The molecular weight excluding hydrogens is 306 g/mol. The monoisotopic (exact) mass is 317 g/mol. The first kappa shape index (κ1) is 14.6. The number of carbonyl (C=O) groups is 2. The van der Waals surface area contributed by atoms with Crippen LogP contribution in [0, 0.1) is 0 Å². The summed E-state index contributed by atoms with van der Waals surface area (Å²) in [6, 6.07) is 4.43. The Kier molecular flexibility index (Phi) is 4.65. The third-order valence-electron chi connectivity index (χ3n) is 2.83. The van der Waals surface area contributed by atoms with Gasteiger partial charge in [0.1, 0.15) is 6.04 Å². The molecule has 1 amide bonds. The second-order valence-corrected chi connectivity index (χ2v) is 6.26. The second kappa shape index (κ2) is 6.07. The molecule has 1 aliphatic rings. The molecule has 4 nitrogen and oxygen atoms in total. The number of nitrogens with zero attached hydrogens (tertiary/aromatic N) is 1. The number of halogens is 1. The van der Waals surface area contributed by atoms with Crippen LogP contribution in [0.1, 0.15) is 10.4 Å². The van der Waals surface area contributed by atoms with E-state index >= 15 is 0 Å². The predicted octanol–water partition coefficient (Wildman–Crippen LogP) is 2.66. The molecule has 0 radical (unpaired) electrons. The van der Waals surface area contributed by atoms with Crippen molar-refractivity contribution >= 4 is 47.0 Å². The van der Waals surface area contributed by atoms with Gasteiger partial charge in [-0.3, -0.25) is 4.79 Å². The smallest absolute Gasteiger partial charge is 0.327 e. The lowest BCUT2D eigenvalue weighted by atomic mass is 10.1. The molecule has 0 saturated carbocycles. The third kappa shape index (κ3) is 3.01. The summed E-state index contributed by atoms with van der Waals surface area (Å²) in [5.74, 6) is -0.495. The van der Waals surface area contributed by atoms with Crippen molar-refractivity contribution in [3.05, 3.63) is 28.8 Å². The quantitative estimate of drug-likeness (QED) is 0.869. The van der Waals surface area contributed by atoms with E-state index in [1.54, 1.807) is 12.1 Å². The Morgan fingerprint density at radius 1 is 1.53 bits per heavy atom. The number of carbonyl (C=O) groups excluding carboxylic acids is 1. The molecule has 1 heterocycles. The van der Waals surface area contributed by atoms with Gasteiger partial charge in [-0.25, -0.2) is 4.79 Å². The molecule has 7 heteroatoms. The molecule has 1 unspecified atom stereocenters. The van der Waals surface area contributed by atoms with Crippen molar-refractivity contribution in [3.8, 4) is 0 Å². The molecule has 0 bridgehead atoms. The zero-order valence-corrected chi connectivity index (χ0v) is 12.5. The summed E-state index contributed by atoms with van der Waals surface area (Å²) in [5.41, 5.74) is 0.363. The van der Waals surface area contributed by atoms with Crippen LogP contribution >= 0.6 is 35.1 Å². The van der Waals surface area contributed by atoms with Crippen molar-refractivity contribution < 1.29 is 14.7 Å². The fraction of sp³-hybridized carbons (Fsp3) is 0.333. The number of thioether (sulfide) groups is 2. The van der Waals surface area contributed by atoms with Crippen LogP contribution in [-0.2, 0) is 4.79 Å². The number of carboxylic acids is 1. The largest absolute Gasteiger partial charge is 0.480 e. The molecule has 19 heavy (non-hydrogen) atoms. The maximum Gasteiger partial charge on any atom is 0.327 e. The lowest BCUT2D eigenvalue weighted by Gasteiger charge is -2.21. The topological polar surface area (TPSA) is 57.6 Å². The molecule has 1 aliphatic heterocycles. The third-order valence-corrected chi connectivity index (χ3v) is 4.90. The molecule has 1 fully saturated rings. The van der Waals surface area contributed by atoms with Crippen molar-refractivity contribution in [2.75, 3.05) is 17.9 Å². The summed E-state index contributed by atoms with van der Waals surface area (Å²) >= 11 is 8.98. The minimum absolute atomic E-state index is 0.321. The first-order valence-electron chi connectivity index (χ1n) is 5.49. The number of aliphatic carboxylic acids is 1. The molecule has 0 aromatic heterocycles. The van der Waals surface area contributed by atoms with Crippen molar-refractivity contribution in [3.63, 3.8) is 0 Å². The van der Waals surface area contributed by atoms with Gasteiger partial charge in [-0.15, -0.1) is 23.5 Å². The molecule has 0 spiro atoms. The number of hydrogen-bond acceptors (Lipinski definition) is 4. The molecular formula is C12H12ClNO3S2. The van der Waals surface area contributed by atoms with E-state index in [4.69, 9.17) is 16.7 Å². The summed E-state index contributed by atoms with van der Waals surface area (Å²) in [6.45, 7) is 0. The Morgan fingerprint density at radius 2 is 2.26 bits per heavy atom. The van der Waals surface area contributed by atoms with E-state index < -0.39 is 12.0 Å². The summed E-state index contributed by atoms with van der Waals surface area (Å²) in [5, 5.41) is 9.46. The van der Waals surface area contributed by atoms with Crippen LogP contribution in [0.25, 0.3) is 0 Å². The molecule has 1 N–H and O–H groups in total. The lowest BCUT2D eigenvalue weighted by Crippen LogP contribution is -2.41. The SMILES string of the molecule is CSc1ccc(Cl)c(C(=O)N2CSCC2C(=O)O)c1. The molecule has 2 rings (SSSR count). The van der Waals surface area contributed by atoms with Crippen LogP contribution in [0.15, 0.2) is 23.1 Å². The van der Waals surface area contributed by atoms with Crippen molar-refractivity contribution in [2.45, 2.75) is 10.9 Å². The number of rotatable bonds is 3. The molecule has 102 valence electrons. The minimum Gasteiger partial charge on any atom is -0.480 e. The van der Waals surface area contributed by atoms with Gasteiger partial charge in [-0.05, 0) is 24.5 Å². The van der Waals surface area contributed by atoms with Crippen LogP contribution in [0.3, 0.4) is 0 Å². The number of amides is 1. The Bertz CT molecular complexity index is 524. The summed E-state index contributed by atoms with van der Waals surface area (Å²) in [6.07, 6.45) is 1.91. The average molecular weight is 318 g/mol. The predicted molar refractivity (Wildman–Crippen MR) is 78.2 cm³/mol. The molecule has 1 atom stereocenters. The molecule has 1 saturated heterocycles. The van der Waals surface area contributed by atoms with E-state index in [0.29, 0.717) is 22.2 Å². The fourth-order valence-electron chi connectivity index (χ4n) is 1.80. The van der Waals surface area contributed by atoms with Crippen molar-refractivity contribution in [2.24, 2.45) is 0 Å². The van der Waals surface area contributed by atoms with Gasteiger partial charge in [0.25, 0.3) is 5.91 Å². The Hall–Kier alpha value is -0.850. The minimum atomic E-state index is -0.976. The Balaban J connectivity index is 2.31. The van der Waals surface area contributed by atoms with Crippen LogP contribution < -0.4 is 0 Å². The van der Waals surface area contributed by atoms with Gasteiger partial charge >= 0.3 is 5.97 Å². The summed E-state index contributed by atoms with van der Waals surface area (Å²) < 4.78 is 0. The van der Waals surface area contributed by atoms with Crippen LogP contribution in [0.5, 0.6) is 0 Å². The normalized spacial score (nSPS) is 18.6. The summed E-state index contributed by atoms with van der Waals surface area (Å²) in [7, 11) is 0. The zero-order valence-electron chi connectivity index (χ0n) is 10.1. The van der Waals surface area contributed by atoms with Crippen LogP contribution in [-0.4, -0.2) is 45.8 Å². The Labute approximate surface area is 124 Å². The number of hydrogen-bond donors (Lipinski definition) is 1. The van der Waals surface area contributed by atoms with Gasteiger partial charge in [-0.1, -0.05) is 11.6 Å². The zero-order chi connectivity index (χ0) is 14.0. The summed E-state index contributed by atoms with van der Waals surface area (Å²) in [4.78, 5) is 25.8. The van der Waals surface area contributed by atoms with Gasteiger partial charge in [0.05, 0.1) is 16.5 Å². The number of benzene rings is 1. The van der Waals surface area contributed by atoms with E-state index in [0.717, 1.165) is 4.90 Å². The van der Waals surface area contributed by atoms with E-state index in [9.17, 15) is 9.59 Å². The highest BCUT2D eigenvalue weighted by Gasteiger charge is 2.35. The molecule has 1 aromatic rings. The van der Waals surface area contributed by atoms with E-state index in [2.05, 4.69) is 0 Å². The highest BCUT2D eigenvalue weighted by atomic mass is 35.5. The second-order valence-electron chi connectivity index (χ2n) is 3.97. The van der Waals surface area contributed by atoms with Gasteiger partial charge < -0.3 is 10.0 Å². The average Bonchev–Trinajstić information content (AvgIpc) is 2.88. The van der Waals surface area contributed by atoms with Gasteiger partial charge in [0.15, 0.2) is 0 Å². The van der Waals surface area contributed by atoms with E-state index in [1.807, 2.05) is 12.3 Å². The Morgan fingerprint density at radius 3 is 2.89 bits per heavy atom. The van der Waals surface area contributed by atoms with Crippen molar-refractivity contribution in [1.29, 1.82) is 0 Å². The molecule has 0 aliphatic carbocycles. The van der Waals surface area contributed by atoms with Crippen LogP contribution in [0.4, 0.5) is 0 Å². The van der Waals surface area contributed by atoms with Gasteiger partial charge in [0, 0.05) is 10.6 Å². The highest BCUT2D eigenvalue weighted by molar-refractivity contribution is 7.99. The van der Waals surface area contributed by atoms with Gasteiger partial charge in [-0.2, -0.15) is 0 Å². The highest BCUT2D eigenvalue weighted by Crippen LogP contribution is 2.28. The van der Waals surface area contributed by atoms with Crippen molar-refractivity contribution in [1.82, 2.24) is 4.90 Å². The van der Waals surface area contributed by atoms with E-state index in [1.165, 1.54) is 28.4 Å². The maximum absolute atomic E-state index is 12.4. The number of carboxylic acid groups (broad SMARTS) is 1. The first-order valence-corrected chi connectivity index (χ1v) is 8.25. The fourth-order valence-corrected chi connectivity index (χ4v) is 3.58. The molecule has 1 aromatic carbocycles. The maximum atomic E-state index is 12.4. The first-order chi connectivity index (χ1) is 9.04. The van der Waals surface area contributed by atoms with Gasteiger partial charge in [0.2, 0.25) is 0 Å². The lowest BCUT2D eigenvalue weighted by molar-refractivity contribution is -0.140. The van der Waals surface area contributed by atoms with E-state index in [-0.39, 0.29) is 5.91 Å². The standard InChI is InChI=1S/C12H12ClNO3S2/c1-18-7-2-3-9(13)8(4-7)11(15)14-6-19-5-10(14)12(16)17/h2-4,10H,5-6H2,1H3,(H,16,17).